The van der Waals surface area contributed by atoms with Crippen LogP contribution in [0.5, 0.6) is 11.5 Å². The number of methoxy groups -OCH3 is 2. The van der Waals surface area contributed by atoms with Crippen LogP contribution in [0, 0.1) is 10.1 Å². The lowest BCUT2D eigenvalue weighted by atomic mass is 10.1. The van der Waals surface area contributed by atoms with Crippen molar-refractivity contribution in [2.75, 3.05) is 26.1 Å². The van der Waals surface area contributed by atoms with Crippen molar-refractivity contribution in [3.63, 3.8) is 0 Å². The second kappa shape index (κ2) is 9.60. The molecule has 1 N–H and O–H groups in total. The highest BCUT2D eigenvalue weighted by molar-refractivity contribution is 6.10. The second-order valence-corrected chi connectivity index (χ2v) is 6.31. The first-order valence-corrected chi connectivity index (χ1v) is 9.43. The average molecular weight is 440 g/mol. The molecule has 0 aliphatic carbocycles. The lowest BCUT2D eigenvalue weighted by Crippen LogP contribution is -2.19. The van der Waals surface area contributed by atoms with Gasteiger partial charge in [0.05, 0.1) is 43.7 Å². The number of esters is 1. The number of aromatic nitrogens is 2. The quantitative estimate of drug-likeness (QED) is 0.320. The van der Waals surface area contributed by atoms with E-state index in [1.165, 1.54) is 31.2 Å². The fraction of sp³-hybridized carbons (Fsp3) is 0.190. The Balaban J connectivity index is 2.10. The monoisotopic (exact) mass is 440 g/mol. The fourth-order valence-electron chi connectivity index (χ4n) is 2.97. The first-order chi connectivity index (χ1) is 15.4. The molecule has 11 nitrogen and oxygen atoms in total. The van der Waals surface area contributed by atoms with E-state index >= 15 is 0 Å². The maximum atomic E-state index is 13.1. The molecule has 32 heavy (non-hydrogen) atoms. The van der Waals surface area contributed by atoms with Gasteiger partial charge >= 0.3 is 5.97 Å². The van der Waals surface area contributed by atoms with Crippen LogP contribution in [-0.4, -0.2) is 47.4 Å². The molecule has 1 amide bonds. The number of rotatable bonds is 8. The number of nitro benzene ring substituents is 1. The molecule has 0 aliphatic heterocycles. The summed E-state index contributed by atoms with van der Waals surface area (Å²) in [6.07, 6.45) is 1.25. The molecule has 1 heterocycles. The maximum Gasteiger partial charge on any atom is 0.343 e. The highest BCUT2D eigenvalue weighted by Gasteiger charge is 2.28. The van der Waals surface area contributed by atoms with Gasteiger partial charge in [-0.3, -0.25) is 14.9 Å². The normalized spacial score (nSPS) is 10.3. The fourth-order valence-corrected chi connectivity index (χ4v) is 2.97. The predicted molar refractivity (Wildman–Crippen MR) is 114 cm³/mol. The van der Waals surface area contributed by atoms with E-state index < -0.39 is 22.5 Å². The number of ether oxygens (including phenoxy) is 3. The molecular weight excluding hydrogens is 420 g/mol. The van der Waals surface area contributed by atoms with Gasteiger partial charge in [-0.25, -0.2) is 9.48 Å². The lowest BCUT2D eigenvalue weighted by Gasteiger charge is -2.13. The number of carbonyl (C=O) groups is 2. The number of nitro groups is 1. The van der Waals surface area contributed by atoms with E-state index in [4.69, 9.17) is 14.2 Å². The Morgan fingerprint density at radius 1 is 1.09 bits per heavy atom. The lowest BCUT2D eigenvalue weighted by molar-refractivity contribution is -0.385. The zero-order valence-corrected chi connectivity index (χ0v) is 17.5. The van der Waals surface area contributed by atoms with Gasteiger partial charge in [-0.1, -0.05) is 18.2 Å². The van der Waals surface area contributed by atoms with Crippen molar-refractivity contribution >= 4 is 23.4 Å². The molecule has 2 aromatic carbocycles. The third kappa shape index (κ3) is 4.36. The Labute approximate surface area is 182 Å². The van der Waals surface area contributed by atoms with Crippen molar-refractivity contribution in [3.8, 4) is 17.2 Å². The van der Waals surface area contributed by atoms with Crippen molar-refractivity contribution in [2.45, 2.75) is 6.92 Å². The van der Waals surface area contributed by atoms with E-state index in [2.05, 4.69) is 10.4 Å². The Kier molecular flexibility index (Phi) is 6.68. The van der Waals surface area contributed by atoms with Crippen LogP contribution >= 0.6 is 0 Å². The van der Waals surface area contributed by atoms with Crippen molar-refractivity contribution < 1.29 is 28.7 Å². The van der Waals surface area contributed by atoms with Gasteiger partial charge in [-0.05, 0) is 19.1 Å². The molecule has 0 spiro atoms. The standard InChI is InChI=1S/C21H20N4O7/c1-4-32-21(27)15-12-22-24(13-8-6-5-7-9-13)19(15)23-20(26)14-10-17(30-2)18(31-3)11-16(14)25(28)29/h5-12H,4H2,1-3H3,(H,23,26). The number of amides is 1. The van der Waals surface area contributed by atoms with E-state index in [0.29, 0.717) is 5.69 Å². The predicted octanol–water partition coefficient (Wildman–Crippen LogP) is 3.23. The highest BCUT2D eigenvalue weighted by atomic mass is 16.6. The SMILES string of the molecule is CCOC(=O)c1cnn(-c2ccccc2)c1NC(=O)c1cc(OC)c(OC)cc1[N+](=O)[O-]. The number of hydrogen-bond acceptors (Lipinski definition) is 8. The molecule has 11 heteroatoms. The van der Waals surface area contributed by atoms with Gasteiger partial charge in [0, 0.05) is 6.07 Å². The molecule has 0 bridgehead atoms. The summed E-state index contributed by atoms with van der Waals surface area (Å²) >= 11 is 0. The van der Waals surface area contributed by atoms with E-state index in [0.717, 1.165) is 6.07 Å². The number of hydrogen-bond donors (Lipinski definition) is 1. The van der Waals surface area contributed by atoms with Crippen LogP contribution < -0.4 is 14.8 Å². The van der Waals surface area contributed by atoms with Crippen LogP contribution in [0.1, 0.15) is 27.6 Å². The van der Waals surface area contributed by atoms with E-state index in [1.807, 2.05) is 0 Å². The first-order valence-electron chi connectivity index (χ1n) is 9.43. The van der Waals surface area contributed by atoms with Gasteiger partial charge in [0.15, 0.2) is 17.3 Å². The molecule has 0 atom stereocenters. The molecule has 0 saturated carbocycles. The number of nitrogens with zero attached hydrogens (tertiary/aromatic N) is 3. The molecule has 0 fully saturated rings. The Morgan fingerprint density at radius 2 is 1.75 bits per heavy atom. The minimum Gasteiger partial charge on any atom is -0.493 e. The molecule has 0 unspecified atom stereocenters. The molecule has 3 aromatic rings. The summed E-state index contributed by atoms with van der Waals surface area (Å²) in [5, 5.41) is 18.3. The minimum atomic E-state index is -0.846. The largest absolute Gasteiger partial charge is 0.493 e. The third-order valence-electron chi connectivity index (χ3n) is 4.44. The summed E-state index contributed by atoms with van der Waals surface area (Å²) in [6.45, 7) is 1.76. The third-order valence-corrected chi connectivity index (χ3v) is 4.44. The van der Waals surface area contributed by atoms with E-state index in [-0.39, 0.29) is 35.1 Å². The first kappa shape index (κ1) is 22.3. The van der Waals surface area contributed by atoms with Crippen molar-refractivity contribution in [1.82, 2.24) is 9.78 Å². The maximum absolute atomic E-state index is 13.1. The average Bonchev–Trinajstić information content (AvgIpc) is 3.22. The van der Waals surface area contributed by atoms with Crippen molar-refractivity contribution in [2.24, 2.45) is 0 Å². The van der Waals surface area contributed by atoms with Crippen LogP contribution in [-0.2, 0) is 4.74 Å². The van der Waals surface area contributed by atoms with Gasteiger partial charge in [0.25, 0.3) is 11.6 Å². The number of benzene rings is 2. The molecule has 0 radical (unpaired) electrons. The number of anilines is 1. The number of carbonyl (C=O) groups excluding carboxylic acids is 2. The molecular formula is C21H20N4O7. The van der Waals surface area contributed by atoms with Crippen molar-refractivity contribution in [3.05, 3.63) is 69.9 Å². The van der Waals surface area contributed by atoms with Crippen LogP contribution in [0.4, 0.5) is 11.5 Å². The summed E-state index contributed by atoms with van der Waals surface area (Å²) in [5.74, 6) is -1.32. The van der Waals surface area contributed by atoms with Gasteiger partial charge in [-0.2, -0.15) is 5.10 Å². The number of nitrogens with one attached hydrogen (secondary N) is 1. The highest BCUT2D eigenvalue weighted by Crippen LogP contribution is 2.35. The Hall–Kier alpha value is -4.41. The zero-order chi connectivity index (χ0) is 23.3. The van der Waals surface area contributed by atoms with E-state index in [9.17, 15) is 19.7 Å². The van der Waals surface area contributed by atoms with Crippen LogP contribution in [0.15, 0.2) is 48.7 Å². The van der Waals surface area contributed by atoms with Crippen LogP contribution in [0.25, 0.3) is 5.69 Å². The summed E-state index contributed by atoms with van der Waals surface area (Å²) in [7, 11) is 2.67. The van der Waals surface area contributed by atoms with Gasteiger partial charge in [-0.15, -0.1) is 0 Å². The van der Waals surface area contributed by atoms with Crippen LogP contribution in [0.2, 0.25) is 0 Å². The topological polar surface area (TPSA) is 135 Å². The molecule has 1 aromatic heterocycles. The van der Waals surface area contributed by atoms with E-state index in [1.54, 1.807) is 37.3 Å². The number of para-hydroxylation sites is 1. The molecule has 3 rings (SSSR count). The molecule has 166 valence electrons. The second-order valence-electron chi connectivity index (χ2n) is 6.31. The minimum absolute atomic E-state index is 0.00346. The summed E-state index contributed by atoms with van der Waals surface area (Å²) < 4.78 is 16.6. The van der Waals surface area contributed by atoms with Crippen molar-refractivity contribution in [1.29, 1.82) is 0 Å². The summed E-state index contributed by atoms with van der Waals surface area (Å²) in [5.41, 5.74) is -0.237. The Morgan fingerprint density at radius 3 is 2.34 bits per heavy atom. The van der Waals surface area contributed by atoms with Gasteiger partial charge in [0.1, 0.15) is 11.1 Å². The smallest absolute Gasteiger partial charge is 0.343 e. The molecule has 0 saturated heterocycles. The Bertz CT molecular complexity index is 1160. The van der Waals surface area contributed by atoms with Crippen LogP contribution in [0.3, 0.4) is 0 Å². The van der Waals surface area contributed by atoms with Gasteiger partial charge in [0.2, 0.25) is 0 Å². The summed E-state index contributed by atoms with van der Waals surface area (Å²) in [4.78, 5) is 36.4. The van der Waals surface area contributed by atoms with Gasteiger partial charge < -0.3 is 19.5 Å². The summed E-state index contributed by atoms with van der Waals surface area (Å²) in [6, 6.07) is 11.0. The zero-order valence-electron chi connectivity index (χ0n) is 17.5. The molecule has 0 aliphatic rings.